The molecule has 1 aliphatic rings. The highest BCUT2D eigenvalue weighted by Gasteiger charge is 2.25. The van der Waals surface area contributed by atoms with Crippen LogP contribution in [0.25, 0.3) is 17.0 Å². The maximum atomic E-state index is 12.0. The molecule has 1 amide bonds. The fourth-order valence-corrected chi connectivity index (χ4v) is 4.45. The molecule has 2 aromatic carbocycles. The molecule has 0 atom stereocenters. The van der Waals surface area contributed by atoms with Crippen LogP contribution >= 0.6 is 0 Å². The Morgan fingerprint density at radius 2 is 2.00 bits per heavy atom. The normalized spacial score (nSPS) is 13.4. The van der Waals surface area contributed by atoms with E-state index < -0.39 is 13.0 Å². The third-order valence-electron chi connectivity index (χ3n) is 6.26. The summed E-state index contributed by atoms with van der Waals surface area (Å²) < 4.78 is 7.20. The van der Waals surface area contributed by atoms with Gasteiger partial charge in [0.15, 0.2) is 0 Å². The molecule has 2 aromatic heterocycles. The summed E-state index contributed by atoms with van der Waals surface area (Å²) in [5.74, 6) is 0.443. The van der Waals surface area contributed by atoms with Gasteiger partial charge < -0.3 is 30.7 Å². The minimum absolute atomic E-state index is 0.235. The number of ether oxygens (including phenoxy) is 1. The van der Waals surface area contributed by atoms with E-state index in [0.717, 1.165) is 29.8 Å². The van der Waals surface area contributed by atoms with E-state index in [1.54, 1.807) is 34.9 Å². The minimum atomic E-state index is -1.54. The fraction of sp³-hybridized carbons (Fsp3) is 0.250. The summed E-state index contributed by atoms with van der Waals surface area (Å²) in [7, 11) is 2.00. The molecule has 11 nitrogen and oxygen atoms in total. The SMILES string of the molecule is COc1nc2c(C(N)=O)cccc2n1-c1nc2c(c(NCc3cccc(B(O)O)c3)n1)CCN(C)C2. The summed E-state index contributed by atoms with van der Waals surface area (Å²) in [6.07, 6.45) is 0.775. The molecule has 4 aromatic rings. The zero-order chi connectivity index (χ0) is 25.4. The standard InChI is InChI=1S/C24H26BN7O4/c1-31-10-9-16-18(13-31)28-23(30-22(16)27-12-14-5-3-6-15(11-14)25(34)35)32-19-8-4-7-17(21(26)33)20(19)29-24(32)36-2/h3-8,11,34-35H,9-10,12-13H2,1-2H3,(H2,26,33)(H,27,28,30). The highest BCUT2D eigenvalue weighted by Crippen LogP contribution is 2.30. The number of nitrogens with two attached hydrogens (primary N) is 1. The largest absolute Gasteiger partial charge is 0.488 e. The number of hydrogen-bond acceptors (Lipinski definition) is 9. The number of fused-ring (bicyclic) bond motifs is 2. The zero-order valence-corrected chi connectivity index (χ0v) is 20.0. The van der Waals surface area contributed by atoms with Crippen LogP contribution in [0.2, 0.25) is 0 Å². The van der Waals surface area contributed by atoms with Crippen LogP contribution in [0.4, 0.5) is 5.82 Å². The quantitative estimate of drug-likeness (QED) is 0.268. The second-order valence-electron chi connectivity index (χ2n) is 8.73. The van der Waals surface area contributed by atoms with E-state index >= 15 is 0 Å². The van der Waals surface area contributed by atoms with Crippen molar-refractivity contribution in [2.75, 3.05) is 26.0 Å². The van der Waals surface area contributed by atoms with Gasteiger partial charge in [0, 0.05) is 25.2 Å². The number of likely N-dealkylation sites (N-methyl/N-ethyl adjacent to an activating group) is 1. The molecule has 0 aliphatic carbocycles. The molecule has 3 heterocycles. The summed E-state index contributed by atoms with van der Waals surface area (Å²) in [5.41, 5.74) is 10.1. The maximum Gasteiger partial charge on any atom is 0.488 e. The number of methoxy groups -OCH3 is 1. The van der Waals surface area contributed by atoms with Gasteiger partial charge in [-0.15, -0.1) is 0 Å². The Balaban J connectivity index is 1.61. The summed E-state index contributed by atoms with van der Waals surface area (Å²) in [6, 6.07) is 12.5. The first-order chi connectivity index (χ1) is 17.4. The number of imidazole rings is 1. The molecule has 0 saturated carbocycles. The van der Waals surface area contributed by atoms with Gasteiger partial charge in [-0.05, 0) is 36.6 Å². The van der Waals surface area contributed by atoms with E-state index in [0.29, 0.717) is 41.4 Å². The number of aromatic nitrogens is 4. The van der Waals surface area contributed by atoms with Crippen molar-refractivity contribution in [3.05, 3.63) is 64.8 Å². The number of carbonyl (C=O) groups is 1. The molecule has 184 valence electrons. The van der Waals surface area contributed by atoms with Gasteiger partial charge in [0.1, 0.15) is 11.3 Å². The van der Waals surface area contributed by atoms with Crippen molar-refractivity contribution in [3.63, 3.8) is 0 Å². The van der Waals surface area contributed by atoms with Crippen molar-refractivity contribution in [1.29, 1.82) is 0 Å². The van der Waals surface area contributed by atoms with Gasteiger partial charge >= 0.3 is 13.1 Å². The van der Waals surface area contributed by atoms with Gasteiger partial charge in [-0.25, -0.2) is 9.55 Å². The van der Waals surface area contributed by atoms with Crippen LogP contribution in [-0.2, 0) is 19.5 Å². The molecule has 1 aliphatic heterocycles. The number of primary amides is 1. The first-order valence-corrected chi connectivity index (χ1v) is 11.5. The first kappa shape index (κ1) is 23.7. The van der Waals surface area contributed by atoms with Crippen molar-refractivity contribution in [2.24, 2.45) is 5.73 Å². The van der Waals surface area contributed by atoms with E-state index in [4.69, 9.17) is 20.4 Å². The van der Waals surface area contributed by atoms with Gasteiger partial charge in [-0.3, -0.25) is 4.79 Å². The Kier molecular flexibility index (Phi) is 6.31. The summed E-state index contributed by atoms with van der Waals surface area (Å²) in [5, 5.41) is 22.4. The van der Waals surface area contributed by atoms with Crippen LogP contribution in [0.5, 0.6) is 6.01 Å². The van der Waals surface area contributed by atoms with Gasteiger partial charge in [-0.1, -0.05) is 30.3 Å². The average Bonchev–Trinajstić information content (AvgIpc) is 3.25. The molecule has 0 saturated heterocycles. The maximum absolute atomic E-state index is 12.0. The number of benzene rings is 2. The molecular formula is C24H26BN7O4. The van der Waals surface area contributed by atoms with E-state index in [9.17, 15) is 14.8 Å². The Labute approximate surface area is 207 Å². The van der Waals surface area contributed by atoms with E-state index in [1.807, 2.05) is 19.2 Å². The third-order valence-corrected chi connectivity index (χ3v) is 6.26. The monoisotopic (exact) mass is 487 g/mol. The number of anilines is 1. The summed E-state index contributed by atoms with van der Waals surface area (Å²) >= 11 is 0. The lowest BCUT2D eigenvalue weighted by Crippen LogP contribution is -2.30. The van der Waals surface area contributed by atoms with Gasteiger partial charge in [0.25, 0.3) is 5.91 Å². The van der Waals surface area contributed by atoms with Crippen molar-refractivity contribution in [3.8, 4) is 12.0 Å². The van der Waals surface area contributed by atoms with Crippen LogP contribution in [0, 0.1) is 0 Å². The lowest BCUT2D eigenvalue weighted by atomic mass is 9.79. The number of amides is 1. The van der Waals surface area contributed by atoms with Crippen LogP contribution < -0.4 is 21.3 Å². The topological polar surface area (TPSA) is 152 Å². The smallest absolute Gasteiger partial charge is 0.468 e. The predicted octanol–water partition coefficient (Wildman–Crippen LogP) is 0.203. The van der Waals surface area contributed by atoms with Gasteiger partial charge in [-0.2, -0.15) is 9.97 Å². The Hall–Kier alpha value is -4.00. The van der Waals surface area contributed by atoms with Crippen molar-refractivity contribution in [1.82, 2.24) is 24.4 Å². The van der Waals surface area contributed by atoms with Crippen LogP contribution in [0.1, 0.15) is 27.2 Å². The molecule has 0 fully saturated rings. The summed E-state index contributed by atoms with van der Waals surface area (Å²) in [4.78, 5) is 28.4. The molecule has 36 heavy (non-hydrogen) atoms. The van der Waals surface area contributed by atoms with E-state index in [-0.39, 0.29) is 11.6 Å². The lowest BCUT2D eigenvalue weighted by molar-refractivity contribution is 0.100. The number of carbonyl (C=O) groups excluding carboxylic acids is 1. The molecule has 0 unspecified atom stereocenters. The summed E-state index contributed by atoms with van der Waals surface area (Å²) in [6.45, 7) is 1.94. The highest BCUT2D eigenvalue weighted by molar-refractivity contribution is 6.58. The van der Waals surface area contributed by atoms with Gasteiger partial charge in [0.05, 0.1) is 23.9 Å². The molecule has 0 spiro atoms. The second kappa shape index (κ2) is 9.57. The van der Waals surface area contributed by atoms with Crippen molar-refractivity contribution in [2.45, 2.75) is 19.5 Å². The van der Waals surface area contributed by atoms with Gasteiger partial charge in [0.2, 0.25) is 5.95 Å². The molecule has 0 radical (unpaired) electrons. The highest BCUT2D eigenvalue weighted by atomic mass is 16.5. The second-order valence-corrected chi connectivity index (χ2v) is 8.73. The molecule has 5 rings (SSSR count). The number of nitrogens with zero attached hydrogens (tertiary/aromatic N) is 5. The number of hydrogen-bond donors (Lipinski definition) is 4. The molecular weight excluding hydrogens is 461 g/mol. The van der Waals surface area contributed by atoms with Crippen LogP contribution in [0.3, 0.4) is 0 Å². The third kappa shape index (κ3) is 4.37. The predicted molar refractivity (Wildman–Crippen MR) is 135 cm³/mol. The molecule has 5 N–H and O–H groups in total. The van der Waals surface area contributed by atoms with E-state index in [1.165, 1.54) is 7.11 Å². The van der Waals surface area contributed by atoms with Crippen LogP contribution in [-0.4, -0.2) is 68.2 Å². The Morgan fingerprint density at radius 3 is 2.75 bits per heavy atom. The lowest BCUT2D eigenvalue weighted by Gasteiger charge is -2.26. The zero-order valence-electron chi connectivity index (χ0n) is 20.0. The fourth-order valence-electron chi connectivity index (χ4n) is 4.45. The van der Waals surface area contributed by atoms with Crippen molar-refractivity contribution < 1.29 is 19.6 Å². The van der Waals surface area contributed by atoms with Crippen LogP contribution in [0.15, 0.2) is 42.5 Å². The number of para-hydroxylation sites is 1. The molecule has 12 heteroatoms. The first-order valence-electron chi connectivity index (χ1n) is 11.5. The Morgan fingerprint density at radius 1 is 1.19 bits per heavy atom. The van der Waals surface area contributed by atoms with E-state index in [2.05, 4.69) is 15.2 Å². The molecule has 0 bridgehead atoms. The van der Waals surface area contributed by atoms with Crippen molar-refractivity contribution >= 4 is 35.3 Å². The number of rotatable bonds is 7. The average molecular weight is 487 g/mol. The minimum Gasteiger partial charge on any atom is -0.468 e. The number of nitrogens with one attached hydrogen (secondary N) is 1. The Bertz CT molecular complexity index is 1460.